The van der Waals surface area contributed by atoms with E-state index in [1.807, 2.05) is 48.5 Å². The summed E-state index contributed by atoms with van der Waals surface area (Å²) in [6.07, 6.45) is 6.95. The third-order valence-corrected chi connectivity index (χ3v) is 6.61. The van der Waals surface area contributed by atoms with Crippen molar-refractivity contribution in [1.29, 1.82) is 0 Å². The predicted octanol–water partition coefficient (Wildman–Crippen LogP) is 3.76. The average Bonchev–Trinajstić information content (AvgIpc) is 3.00. The molecule has 1 saturated heterocycles. The van der Waals surface area contributed by atoms with Crippen molar-refractivity contribution in [2.75, 3.05) is 28.4 Å². The van der Waals surface area contributed by atoms with Crippen LogP contribution in [0.1, 0.15) is 46.9 Å². The number of piperazine rings is 1. The summed E-state index contributed by atoms with van der Waals surface area (Å²) in [6.45, 7) is 0. The maximum Gasteiger partial charge on any atom is 0.122 e. The number of rotatable bonds is 8. The molecule has 0 bridgehead atoms. The van der Waals surface area contributed by atoms with E-state index in [0.717, 1.165) is 22.8 Å². The number of nitrogens with zero attached hydrogens (tertiary/aromatic N) is 4. The molecule has 0 aliphatic carbocycles. The summed E-state index contributed by atoms with van der Waals surface area (Å²) in [5.41, 5.74) is 3.15. The lowest BCUT2D eigenvalue weighted by atomic mass is 9.88. The van der Waals surface area contributed by atoms with Crippen LogP contribution in [0.25, 0.3) is 0 Å². The molecule has 38 heavy (non-hydrogen) atoms. The maximum atomic E-state index is 5.50. The van der Waals surface area contributed by atoms with Crippen molar-refractivity contribution in [3.05, 3.63) is 96.1 Å². The zero-order valence-corrected chi connectivity index (χ0v) is 21.7. The summed E-state index contributed by atoms with van der Waals surface area (Å²) in [4.78, 5) is 18.8. The molecule has 1 aliphatic heterocycles. The highest BCUT2D eigenvalue weighted by Crippen LogP contribution is 2.42. The van der Waals surface area contributed by atoms with Gasteiger partial charge in [-0.2, -0.15) is 0 Å². The highest BCUT2D eigenvalue weighted by Gasteiger charge is 2.42. The standard InChI is InChI=1S/C28H30N6O4/c1-35-17-5-9-29-21(13-17)25-26(22-14-18(36-2)6-10-30-22)34-28(24-16-20(38-4)8-12-32-24)27(33-25)23-15-19(37-3)7-11-31-23/h5-16,25-28,33-34H,1-4H3/t25-,26-,27+,28+. The van der Waals surface area contributed by atoms with Crippen molar-refractivity contribution in [2.24, 2.45) is 0 Å². The van der Waals surface area contributed by atoms with Gasteiger partial charge in [0.05, 0.1) is 75.4 Å². The summed E-state index contributed by atoms with van der Waals surface area (Å²) >= 11 is 0. The highest BCUT2D eigenvalue weighted by molar-refractivity contribution is 5.35. The van der Waals surface area contributed by atoms with E-state index < -0.39 is 0 Å². The SMILES string of the molecule is COc1ccnc([C@H]2N[C@@H](c3cc(OC)ccn3)[C@H](c3cc(OC)ccn3)N[C@@H]2c2cc(OC)ccn2)c1. The van der Waals surface area contributed by atoms with Crippen LogP contribution in [-0.2, 0) is 0 Å². The highest BCUT2D eigenvalue weighted by atomic mass is 16.5. The van der Waals surface area contributed by atoms with Gasteiger partial charge in [-0.1, -0.05) is 0 Å². The van der Waals surface area contributed by atoms with Gasteiger partial charge >= 0.3 is 0 Å². The fourth-order valence-corrected chi connectivity index (χ4v) is 4.70. The van der Waals surface area contributed by atoms with Gasteiger partial charge in [0.2, 0.25) is 0 Å². The molecule has 10 heteroatoms. The van der Waals surface area contributed by atoms with Crippen molar-refractivity contribution >= 4 is 0 Å². The summed E-state index contributed by atoms with van der Waals surface area (Å²) in [6, 6.07) is 13.8. The molecule has 2 N–H and O–H groups in total. The monoisotopic (exact) mass is 514 g/mol. The normalized spacial score (nSPS) is 20.9. The van der Waals surface area contributed by atoms with Gasteiger partial charge < -0.3 is 18.9 Å². The fraction of sp³-hybridized carbons (Fsp3) is 0.286. The van der Waals surface area contributed by atoms with Gasteiger partial charge in [0.15, 0.2) is 0 Å². The molecule has 0 amide bonds. The topological polar surface area (TPSA) is 113 Å². The second-order valence-electron chi connectivity index (χ2n) is 8.73. The molecule has 196 valence electrons. The molecule has 5 rings (SSSR count). The fourth-order valence-electron chi connectivity index (χ4n) is 4.70. The van der Waals surface area contributed by atoms with Crippen molar-refractivity contribution < 1.29 is 18.9 Å². The quantitative estimate of drug-likeness (QED) is 0.360. The molecule has 0 unspecified atom stereocenters. The van der Waals surface area contributed by atoms with E-state index in [-0.39, 0.29) is 24.2 Å². The molecule has 4 aromatic rings. The van der Waals surface area contributed by atoms with Crippen LogP contribution in [0.3, 0.4) is 0 Å². The molecule has 4 atom stereocenters. The van der Waals surface area contributed by atoms with Crippen LogP contribution in [-0.4, -0.2) is 48.4 Å². The Hall–Kier alpha value is -4.28. The molecule has 4 aromatic heterocycles. The van der Waals surface area contributed by atoms with E-state index in [9.17, 15) is 0 Å². The maximum absolute atomic E-state index is 5.50. The minimum atomic E-state index is -0.301. The third kappa shape index (κ3) is 5.22. The Morgan fingerprint density at radius 3 is 0.895 bits per heavy atom. The Labute approximate surface area is 221 Å². The second-order valence-corrected chi connectivity index (χ2v) is 8.73. The Bertz CT molecular complexity index is 1180. The molecular weight excluding hydrogens is 484 g/mol. The van der Waals surface area contributed by atoms with Crippen molar-refractivity contribution in [3.8, 4) is 23.0 Å². The zero-order valence-electron chi connectivity index (χ0n) is 21.7. The number of hydrogen-bond donors (Lipinski definition) is 2. The van der Waals surface area contributed by atoms with Crippen molar-refractivity contribution in [1.82, 2.24) is 30.6 Å². The molecule has 0 radical (unpaired) electrons. The minimum absolute atomic E-state index is 0.301. The first kappa shape index (κ1) is 25.4. The molecule has 0 spiro atoms. The van der Waals surface area contributed by atoms with Crippen LogP contribution < -0.4 is 29.6 Å². The van der Waals surface area contributed by atoms with Gasteiger partial charge in [-0.15, -0.1) is 0 Å². The lowest BCUT2D eigenvalue weighted by Crippen LogP contribution is -2.50. The number of methoxy groups -OCH3 is 4. The minimum Gasteiger partial charge on any atom is -0.497 e. The van der Waals surface area contributed by atoms with Gasteiger partial charge in [0.25, 0.3) is 0 Å². The lowest BCUT2D eigenvalue weighted by molar-refractivity contribution is 0.199. The van der Waals surface area contributed by atoms with Gasteiger partial charge in [-0.25, -0.2) is 0 Å². The van der Waals surface area contributed by atoms with E-state index in [0.29, 0.717) is 23.0 Å². The summed E-state index contributed by atoms with van der Waals surface area (Å²) in [5.74, 6) is 2.84. The number of pyridine rings is 4. The molecule has 1 aliphatic rings. The van der Waals surface area contributed by atoms with Gasteiger partial charge in [-0.3, -0.25) is 30.6 Å². The van der Waals surface area contributed by atoms with Crippen molar-refractivity contribution in [2.45, 2.75) is 24.2 Å². The summed E-state index contributed by atoms with van der Waals surface area (Å²) in [7, 11) is 6.56. The Kier molecular flexibility index (Phi) is 7.62. The first-order chi connectivity index (χ1) is 18.6. The third-order valence-electron chi connectivity index (χ3n) is 6.61. The van der Waals surface area contributed by atoms with Gasteiger partial charge in [0, 0.05) is 49.1 Å². The van der Waals surface area contributed by atoms with Crippen LogP contribution in [0.5, 0.6) is 23.0 Å². The Morgan fingerprint density at radius 2 is 0.684 bits per heavy atom. The van der Waals surface area contributed by atoms with Crippen molar-refractivity contribution in [3.63, 3.8) is 0 Å². The van der Waals surface area contributed by atoms with E-state index in [4.69, 9.17) is 38.9 Å². The molecule has 5 heterocycles. The number of nitrogens with one attached hydrogen (secondary N) is 2. The predicted molar refractivity (Wildman–Crippen MR) is 140 cm³/mol. The molecule has 0 saturated carbocycles. The smallest absolute Gasteiger partial charge is 0.122 e. The second kappa shape index (κ2) is 11.4. The average molecular weight is 515 g/mol. The van der Waals surface area contributed by atoms with E-state index in [1.54, 1.807) is 53.2 Å². The van der Waals surface area contributed by atoms with E-state index in [1.165, 1.54) is 0 Å². The Balaban J connectivity index is 1.65. The van der Waals surface area contributed by atoms with Crippen LogP contribution in [0.15, 0.2) is 73.3 Å². The molecule has 0 aromatic carbocycles. The first-order valence-electron chi connectivity index (χ1n) is 12.2. The molecular formula is C28H30N6O4. The van der Waals surface area contributed by atoms with E-state index in [2.05, 4.69) is 10.6 Å². The van der Waals surface area contributed by atoms with Gasteiger partial charge in [-0.05, 0) is 24.3 Å². The summed E-state index contributed by atoms with van der Waals surface area (Å²) in [5, 5.41) is 7.60. The van der Waals surface area contributed by atoms with Crippen LogP contribution in [0, 0.1) is 0 Å². The van der Waals surface area contributed by atoms with Gasteiger partial charge in [0.1, 0.15) is 23.0 Å². The van der Waals surface area contributed by atoms with E-state index >= 15 is 0 Å². The van der Waals surface area contributed by atoms with Crippen LogP contribution in [0.4, 0.5) is 0 Å². The number of ether oxygens (including phenoxy) is 4. The molecule has 1 fully saturated rings. The van der Waals surface area contributed by atoms with Crippen LogP contribution in [0.2, 0.25) is 0 Å². The first-order valence-corrected chi connectivity index (χ1v) is 12.2. The number of aromatic nitrogens is 4. The van der Waals surface area contributed by atoms with Crippen LogP contribution >= 0.6 is 0 Å². The summed E-state index contributed by atoms with van der Waals surface area (Å²) < 4.78 is 22.0. The zero-order chi connectivity index (χ0) is 26.5. The lowest BCUT2D eigenvalue weighted by Gasteiger charge is -2.43. The Morgan fingerprint density at radius 1 is 0.447 bits per heavy atom. The number of hydrogen-bond acceptors (Lipinski definition) is 10. The molecule has 10 nitrogen and oxygen atoms in total. The largest absolute Gasteiger partial charge is 0.497 e.